The van der Waals surface area contributed by atoms with Crippen LogP contribution in [0.25, 0.3) is 17.1 Å². The molecule has 2 N–H and O–H groups in total. The Morgan fingerprint density at radius 2 is 1.89 bits per heavy atom. The van der Waals surface area contributed by atoms with Gasteiger partial charge in [0, 0.05) is 25.0 Å². The molecule has 7 heteroatoms. The third-order valence-electron chi connectivity index (χ3n) is 4.26. The Bertz CT molecular complexity index is 1150. The lowest BCUT2D eigenvalue weighted by molar-refractivity contribution is 0.102. The summed E-state index contributed by atoms with van der Waals surface area (Å²) in [5, 5.41) is 2.75. The van der Waals surface area contributed by atoms with Crippen molar-refractivity contribution in [3.8, 4) is 0 Å². The molecule has 7 nitrogen and oxygen atoms in total. The van der Waals surface area contributed by atoms with E-state index in [-0.39, 0.29) is 11.7 Å². The van der Waals surface area contributed by atoms with Crippen molar-refractivity contribution >= 4 is 34.7 Å². The Morgan fingerprint density at radius 3 is 2.61 bits per heavy atom. The third-order valence-corrected chi connectivity index (χ3v) is 4.26. The number of nitrogens with one attached hydrogen (secondary N) is 2. The highest BCUT2D eigenvalue weighted by Gasteiger charge is 2.10. The van der Waals surface area contributed by atoms with Gasteiger partial charge in [-0.2, -0.15) is 0 Å². The van der Waals surface area contributed by atoms with Gasteiger partial charge in [-0.15, -0.1) is 0 Å². The smallest absolute Gasteiger partial charge is 0.257 e. The van der Waals surface area contributed by atoms with Crippen LogP contribution in [0, 0.1) is 0 Å². The molecule has 0 unspecified atom stereocenters. The van der Waals surface area contributed by atoms with Gasteiger partial charge in [-0.1, -0.05) is 30.3 Å². The average molecular weight is 371 g/mol. The summed E-state index contributed by atoms with van der Waals surface area (Å²) in [6.07, 6.45) is 6.46. The first-order valence-electron chi connectivity index (χ1n) is 8.66. The summed E-state index contributed by atoms with van der Waals surface area (Å²) in [6, 6.07) is 14.5. The van der Waals surface area contributed by atoms with Gasteiger partial charge in [-0.3, -0.25) is 14.9 Å². The van der Waals surface area contributed by atoms with E-state index in [1.54, 1.807) is 54.3 Å². The van der Waals surface area contributed by atoms with E-state index in [9.17, 15) is 9.59 Å². The van der Waals surface area contributed by atoms with E-state index >= 15 is 0 Å². The molecule has 0 aliphatic rings. The molecule has 0 bridgehead atoms. The largest absolute Gasteiger partial charge is 0.331 e. The molecule has 1 amide bonds. The number of benzene rings is 2. The maximum absolute atomic E-state index is 12.4. The number of para-hydroxylation sites is 2. The first kappa shape index (κ1) is 17.4. The number of carbonyl (C=O) groups excluding carboxylic acids is 2. The highest BCUT2D eigenvalue weighted by Crippen LogP contribution is 2.15. The molecule has 138 valence electrons. The van der Waals surface area contributed by atoms with Gasteiger partial charge in [0.2, 0.25) is 11.7 Å². The summed E-state index contributed by atoms with van der Waals surface area (Å²) < 4.78 is 1.66. The van der Waals surface area contributed by atoms with E-state index in [2.05, 4.69) is 20.3 Å². The quantitative estimate of drug-likeness (QED) is 0.415. The number of amides is 1. The Labute approximate surface area is 160 Å². The van der Waals surface area contributed by atoms with E-state index in [4.69, 9.17) is 0 Å². The van der Waals surface area contributed by atoms with Crippen molar-refractivity contribution in [2.45, 2.75) is 0 Å². The molecular formula is C21H17N5O2. The molecule has 2 aromatic carbocycles. The predicted octanol–water partition coefficient (Wildman–Crippen LogP) is 3.44. The number of carbonyl (C=O) groups is 2. The van der Waals surface area contributed by atoms with Gasteiger partial charge in [0.25, 0.3) is 5.91 Å². The van der Waals surface area contributed by atoms with Crippen LogP contribution in [-0.4, -0.2) is 31.2 Å². The third kappa shape index (κ3) is 3.59. The Morgan fingerprint density at radius 1 is 1.11 bits per heavy atom. The maximum Gasteiger partial charge on any atom is 0.257 e. The van der Waals surface area contributed by atoms with Crippen molar-refractivity contribution in [2.24, 2.45) is 7.05 Å². The van der Waals surface area contributed by atoms with E-state index in [0.29, 0.717) is 17.3 Å². The minimum absolute atomic E-state index is 0.181. The number of imidazole rings is 2. The number of aryl methyl sites for hydroxylation is 1. The van der Waals surface area contributed by atoms with Crippen molar-refractivity contribution in [2.75, 3.05) is 5.32 Å². The number of aromatic amines is 1. The molecule has 0 fully saturated rings. The summed E-state index contributed by atoms with van der Waals surface area (Å²) in [6.45, 7) is 0. The van der Waals surface area contributed by atoms with Crippen LogP contribution in [0.1, 0.15) is 26.5 Å². The molecule has 0 aliphatic heterocycles. The molecule has 0 saturated heterocycles. The van der Waals surface area contributed by atoms with Crippen LogP contribution in [0.3, 0.4) is 0 Å². The maximum atomic E-state index is 12.4. The minimum atomic E-state index is -0.265. The predicted molar refractivity (Wildman–Crippen MR) is 107 cm³/mol. The lowest BCUT2D eigenvalue weighted by Crippen LogP contribution is -2.12. The molecule has 0 spiro atoms. The zero-order chi connectivity index (χ0) is 19.5. The van der Waals surface area contributed by atoms with Crippen LogP contribution in [0.2, 0.25) is 0 Å². The lowest BCUT2D eigenvalue weighted by Gasteiger charge is -2.02. The second-order valence-corrected chi connectivity index (χ2v) is 6.24. The minimum Gasteiger partial charge on any atom is -0.331 e. The fourth-order valence-electron chi connectivity index (χ4n) is 2.79. The molecule has 2 aromatic heterocycles. The van der Waals surface area contributed by atoms with E-state index in [1.807, 2.05) is 24.3 Å². The number of hydrogen-bond acceptors (Lipinski definition) is 4. The first-order chi connectivity index (χ1) is 13.6. The van der Waals surface area contributed by atoms with Gasteiger partial charge in [0.1, 0.15) is 0 Å². The Hall–Kier alpha value is -4.00. The number of aromatic nitrogens is 4. The lowest BCUT2D eigenvalue weighted by atomic mass is 10.1. The molecule has 0 saturated carbocycles. The summed E-state index contributed by atoms with van der Waals surface area (Å²) in [7, 11) is 1.77. The molecule has 0 atom stereocenters. The van der Waals surface area contributed by atoms with Crippen LogP contribution < -0.4 is 5.32 Å². The van der Waals surface area contributed by atoms with E-state index in [0.717, 1.165) is 16.6 Å². The van der Waals surface area contributed by atoms with Gasteiger partial charge in [-0.05, 0) is 35.9 Å². The number of anilines is 1. The second kappa shape index (κ2) is 7.32. The van der Waals surface area contributed by atoms with Gasteiger partial charge in [-0.25, -0.2) is 9.97 Å². The zero-order valence-electron chi connectivity index (χ0n) is 15.1. The Balaban J connectivity index is 1.43. The fraction of sp³-hybridized carbons (Fsp3) is 0.0476. The number of allylic oxidation sites excluding steroid dienone is 1. The molecule has 4 rings (SSSR count). The van der Waals surface area contributed by atoms with Gasteiger partial charge < -0.3 is 9.55 Å². The van der Waals surface area contributed by atoms with Crippen LogP contribution in [0.15, 0.2) is 67.0 Å². The van der Waals surface area contributed by atoms with Crippen LogP contribution in [-0.2, 0) is 7.05 Å². The fourth-order valence-corrected chi connectivity index (χ4v) is 2.79. The van der Waals surface area contributed by atoms with Crippen molar-refractivity contribution in [3.63, 3.8) is 0 Å². The van der Waals surface area contributed by atoms with Crippen molar-refractivity contribution in [3.05, 3.63) is 84.0 Å². The molecule has 4 aromatic rings. The normalized spacial score (nSPS) is 11.2. The monoisotopic (exact) mass is 371 g/mol. The number of ketones is 1. The average Bonchev–Trinajstić information content (AvgIpc) is 3.31. The van der Waals surface area contributed by atoms with Gasteiger partial charge in [0.15, 0.2) is 5.82 Å². The Kier molecular flexibility index (Phi) is 4.55. The van der Waals surface area contributed by atoms with E-state index < -0.39 is 0 Å². The number of fused-ring (bicyclic) bond motifs is 1. The summed E-state index contributed by atoms with van der Waals surface area (Å²) in [4.78, 5) is 35.9. The van der Waals surface area contributed by atoms with Crippen LogP contribution in [0.5, 0.6) is 0 Å². The highest BCUT2D eigenvalue weighted by atomic mass is 16.1. The molecule has 2 heterocycles. The molecule has 28 heavy (non-hydrogen) atoms. The first-order valence-corrected chi connectivity index (χ1v) is 8.66. The number of rotatable bonds is 5. The van der Waals surface area contributed by atoms with Crippen LogP contribution >= 0.6 is 0 Å². The van der Waals surface area contributed by atoms with Crippen molar-refractivity contribution in [1.82, 2.24) is 19.5 Å². The van der Waals surface area contributed by atoms with Crippen molar-refractivity contribution < 1.29 is 9.59 Å². The highest BCUT2D eigenvalue weighted by molar-refractivity contribution is 6.05. The SMILES string of the molecule is Cn1ccnc1C(=O)/C=C/c1ccc(C(=O)Nc2nc3ccccc3[nH]2)cc1. The van der Waals surface area contributed by atoms with Gasteiger partial charge >= 0.3 is 0 Å². The summed E-state index contributed by atoms with van der Waals surface area (Å²) in [5.74, 6) is 0.326. The molecule has 0 radical (unpaired) electrons. The molecular weight excluding hydrogens is 354 g/mol. The number of hydrogen-bond donors (Lipinski definition) is 2. The van der Waals surface area contributed by atoms with Gasteiger partial charge in [0.05, 0.1) is 11.0 Å². The number of nitrogens with zero attached hydrogens (tertiary/aromatic N) is 3. The summed E-state index contributed by atoms with van der Waals surface area (Å²) >= 11 is 0. The van der Waals surface area contributed by atoms with E-state index in [1.165, 1.54) is 6.08 Å². The molecule has 0 aliphatic carbocycles. The number of H-pyrrole nitrogens is 1. The summed E-state index contributed by atoms with van der Waals surface area (Å²) in [5.41, 5.74) is 2.95. The second-order valence-electron chi connectivity index (χ2n) is 6.24. The topological polar surface area (TPSA) is 92.7 Å². The van der Waals surface area contributed by atoms with Crippen LogP contribution in [0.4, 0.5) is 5.95 Å². The zero-order valence-corrected chi connectivity index (χ0v) is 15.1. The van der Waals surface area contributed by atoms with Crippen molar-refractivity contribution in [1.29, 1.82) is 0 Å². The standard InChI is InChI=1S/C21H17N5O2/c1-26-13-12-22-19(26)18(27)11-8-14-6-9-15(10-7-14)20(28)25-21-23-16-4-2-3-5-17(16)24-21/h2-13H,1H3,(H2,23,24,25,28)/b11-8+.